The van der Waals surface area contributed by atoms with Gasteiger partial charge in [0.15, 0.2) is 5.82 Å². The van der Waals surface area contributed by atoms with E-state index in [0.29, 0.717) is 51.3 Å². The van der Waals surface area contributed by atoms with Crippen LogP contribution in [-0.2, 0) is 35.6 Å². The van der Waals surface area contributed by atoms with Crippen molar-refractivity contribution in [2.24, 2.45) is 0 Å². The van der Waals surface area contributed by atoms with Crippen LogP contribution in [0.25, 0.3) is 32.7 Å². The van der Waals surface area contributed by atoms with Crippen molar-refractivity contribution in [2.45, 2.75) is 53.0 Å². The second-order valence-corrected chi connectivity index (χ2v) is 16.8. The summed E-state index contributed by atoms with van der Waals surface area (Å²) in [6, 6.07) is 19.9. The van der Waals surface area contributed by atoms with E-state index in [4.69, 9.17) is 35.5 Å². The van der Waals surface area contributed by atoms with Gasteiger partial charge in [-0.2, -0.15) is 0 Å². The molecule has 0 aliphatic carbocycles. The van der Waals surface area contributed by atoms with Gasteiger partial charge in [-0.25, -0.2) is 24.7 Å². The van der Waals surface area contributed by atoms with Crippen molar-refractivity contribution in [1.82, 2.24) is 34.6 Å². The number of hydrogen-bond acceptors (Lipinski definition) is 13. The van der Waals surface area contributed by atoms with E-state index in [-0.39, 0.29) is 25.5 Å². The number of benzene rings is 3. The van der Waals surface area contributed by atoms with Gasteiger partial charge in [0, 0.05) is 75.6 Å². The molecular weight excluding hydrogens is 822 g/mol. The van der Waals surface area contributed by atoms with Gasteiger partial charge < -0.3 is 23.8 Å². The number of ether oxygens (including phenoxy) is 4. The average molecular weight is 872 g/mol. The smallest absolute Gasteiger partial charge is 0.347 e. The Balaban J connectivity index is 1.22. The number of para-hydroxylation sites is 1. The molecular formula is C48H50ClN7O5S. The highest BCUT2D eigenvalue weighted by Gasteiger charge is 2.30. The highest BCUT2D eigenvalue weighted by Crippen LogP contribution is 2.45. The molecule has 0 saturated carbocycles. The molecule has 3 aliphatic rings. The number of esters is 1. The molecule has 3 aromatic heterocycles. The standard InChI is InChI=1S/C48H50ClN7O5S/c1-6-10-41-42-36-15-14-33(44(49)31(36)3)28-56(24-23-55-21-19-54(4)20-22-55)27-32-13-16-38(60-29-35-17-18-50-45(53-35)37-11-8-9-12-39(37)58-5)34(25-32)26-40(48(57)59-7-2)61-46-43(42)47(62-41)52-30-51-46/h8-9,11-18,25,30,40H,7,19-24,26-29H2,1-5H3/t40-/m1/s1. The molecule has 4 bridgehead atoms. The van der Waals surface area contributed by atoms with Crippen molar-refractivity contribution >= 4 is 39.1 Å². The third kappa shape index (κ3) is 9.55. The van der Waals surface area contributed by atoms with Crippen LogP contribution in [0, 0.1) is 18.8 Å². The van der Waals surface area contributed by atoms with Gasteiger partial charge in [0.2, 0.25) is 12.0 Å². The molecule has 1 saturated heterocycles. The molecule has 1 fully saturated rings. The van der Waals surface area contributed by atoms with Gasteiger partial charge in [-0.15, -0.1) is 17.3 Å². The van der Waals surface area contributed by atoms with Gasteiger partial charge in [0.25, 0.3) is 0 Å². The number of aromatic nitrogens is 4. The zero-order valence-corrected chi connectivity index (χ0v) is 37.3. The van der Waals surface area contributed by atoms with Gasteiger partial charge in [-0.3, -0.25) is 9.80 Å². The highest BCUT2D eigenvalue weighted by molar-refractivity contribution is 7.19. The fraction of sp³-hybridized carbons (Fsp3) is 0.354. The Bertz CT molecular complexity index is 2640. The third-order valence-electron chi connectivity index (χ3n) is 11.3. The average Bonchev–Trinajstić information content (AvgIpc) is 3.65. The fourth-order valence-electron chi connectivity index (χ4n) is 8.02. The van der Waals surface area contributed by atoms with Crippen LogP contribution >= 0.6 is 22.9 Å². The normalized spacial score (nSPS) is 16.1. The minimum absolute atomic E-state index is 0.144. The van der Waals surface area contributed by atoms with Crippen LogP contribution in [0.1, 0.15) is 46.7 Å². The molecule has 0 N–H and O–H groups in total. The number of hydrogen-bond donors (Lipinski definition) is 0. The van der Waals surface area contributed by atoms with Crippen molar-refractivity contribution in [1.29, 1.82) is 0 Å². The number of carbonyl (C=O) groups excluding carboxylic acids is 1. The summed E-state index contributed by atoms with van der Waals surface area (Å²) >= 11 is 8.81. The van der Waals surface area contributed by atoms with E-state index in [1.807, 2.05) is 50.2 Å². The second kappa shape index (κ2) is 19.6. The molecule has 62 heavy (non-hydrogen) atoms. The van der Waals surface area contributed by atoms with Crippen LogP contribution in [0.15, 0.2) is 73.2 Å². The summed E-state index contributed by atoms with van der Waals surface area (Å²) in [5.74, 6) is 7.91. The molecule has 0 radical (unpaired) electrons. The van der Waals surface area contributed by atoms with Crippen LogP contribution in [0.3, 0.4) is 0 Å². The SMILES string of the molecule is CC#Cc1sc2ncnc3c2c1-c1ccc(c(Cl)c1C)CN(CCN1CCN(C)CC1)Cc1ccc(OCc2ccnc(-c4ccccc4OC)n2)c(c1)C[C@H](C(=O)OCC)O3. The van der Waals surface area contributed by atoms with Crippen LogP contribution in [-0.4, -0.2) is 107 Å². The first-order valence-electron chi connectivity index (χ1n) is 20.9. The monoisotopic (exact) mass is 871 g/mol. The molecule has 1 atom stereocenters. The maximum Gasteiger partial charge on any atom is 0.347 e. The first kappa shape index (κ1) is 43.0. The molecule has 6 heterocycles. The molecule has 9 rings (SSSR count). The van der Waals surface area contributed by atoms with Crippen LogP contribution < -0.4 is 14.2 Å². The summed E-state index contributed by atoms with van der Waals surface area (Å²) in [6.45, 7) is 13.1. The number of methoxy groups -OCH3 is 1. The topological polar surface area (TPSA) is 115 Å². The summed E-state index contributed by atoms with van der Waals surface area (Å²) < 4.78 is 24.5. The Hall–Kier alpha value is -5.62. The first-order valence-corrected chi connectivity index (χ1v) is 22.1. The lowest BCUT2D eigenvalue weighted by molar-refractivity contribution is -0.151. The summed E-state index contributed by atoms with van der Waals surface area (Å²) in [5, 5.41) is 1.36. The van der Waals surface area contributed by atoms with Gasteiger partial charge in [0.05, 0.1) is 35.2 Å². The summed E-state index contributed by atoms with van der Waals surface area (Å²) in [5.41, 5.74) is 6.98. The molecule has 3 aliphatic heterocycles. The lowest BCUT2D eigenvalue weighted by atomic mass is 9.96. The minimum Gasteiger partial charge on any atom is -0.496 e. The Labute approximate surface area is 371 Å². The van der Waals surface area contributed by atoms with Crippen LogP contribution in [0.2, 0.25) is 5.02 Å². The Morgan fingerprint density at radius 2 is 1.77 bits per heavy atom. The number of rotatable bonds is 10. The van der Waals surface area contributed by atoms with E-state index >= 15 is 0 Å². The van der Waals surface area contributed by atoms with Gasteiger partial charge in [-0.05, 0) is 79.9 Å². The number of piperazine rings is 1. The summed E-state index contributed by atoms with van der Waals surface area (Å²) in [7, 11) is 3.81. The molecule has 0 spiro atoms. The van der Waals surface area contributed by atoms with Crippen molar-refractivity contribution in [2.75, 3.05) is 60.0 Å². The van der Waals surface area contributed by atoms with E-state index in [9.17, 15) is 4.79 Å². The van der Waals surface area contributed by atoms with Gasteiger partial charge >= 0.3 is 5.97 Å². The second-order valence-electron chi connectivity index (χ2n) is 15.5. The van der Waals surface area contributed by atoms with Crippen LogP contribution in [0.5, 0.6) is 17.4 Å². The first-order chi connectivity index (χ1) is 30.2. The zero-order chi connectivity index (χ0) is 43.2. The maximum absolute atomic E-state index is 14.0. The predicted molar refractivity (Wildman–Crippen MR) is 243 cm³/mol. The van der Waals surface area contributed by atoms with E-state index in [0.717, 1.165) is 83.1 Å². The molecule has 6 aromatic rings. The number of likely N-dealkylation sites (N-methyl/N-ethyl adjacent to an activating group) is 1. The Morgan fingerprint density at radius 1 is 0.952 bits per heavy atom. The molecule has 320 valence electrons. The maximum atomic E-state index is 14.0. The lowest BCUT2D eigenvalue weighted by Crippen LogP contribution is -2.46. The van der Waals surface area contributed by atoms with Crippen molar-refractivity contribution in [3.8, 4) is 51.7 Å². The van der Waals surface area contributed by atoms with Gasteiger partial charge in [0.1, 0.15) is 29.3 Å². The summed E-state index contributed by atoms with van der Waals surface area (Å²) in [4.78, 5) is 41.5. The molecule has 3 aromatic carbocycles. The zero-order valence-electron chi connectivity index (χ0n) is 35.7. The Kier molecular flexibility index (Phi) is 13.6. The quantitative estimate of drug-likeness (QED) is 0.0987. The summed E-state index contributed by atoms with van der Waals surface area (Å²) in [6.07, 6.45) is 2.24. The van der Waals surface area contributed by atoms with Crippen LogP contribution in [0.4, 0.5) is 0 Å². The highest BCUT2D eigenvalue weighted by atomic mass is 35.5. The number of thiophene rings is 1. The molecule has 12 nitrogen and oxygen atoms in total. The van der Waals surface area contributed by atoms with Crippen molar-refractivity contribution < 1.29 is 23.7 Å². The number of carbonyl (C=O) groups is 1. The van der Waals surface area contributed by atoms with E-state index in [1.54, 1.807) is 20.2 Å². The number of halogens is 1. The number of fused-ring (bicyclic) bond motifs is 6. The Morgan fingerprint density at radius 3 is 2.58 bits per heavy atom. The predicted octanol–water partition coefficient (Wildman–Crippen LogP) is 7.85. The minimum atomic E-state index is -1.08. The lowest BCUT2D eigenvalue weighted by Gasteiger charge is -2.34. The van der Waals surface area contributed by atoms with Crippen molar-refractivity contribution in [3.63, 3.8) is 0 Å². The third-order valence-corrected chi connectivity index (χ3v) is 12.9. The van der Waals surface area contributed by atoms with E-state index < -0.39 is 12.1 Å². The largest absolute Gasteiger partial charge is 0.496 e. The molecule has 14 heteroatoms. The van der Waals surface area contributed by atoms with Gasteiger partial charge in [-0.1, -0.05) is 53.9 Å². The molecule has 0 amide bonds. The molecule has 0 unspecified atom stereocenters. The fourth-order valence-corrected chi connectivity index (χ4v) is 9.29. The van der Waals surface area contributed by atoms with E-state index in [2.05, 4.69) is 72.8 Å². The van der Waals surface area contributed by atoms with Crippen molar-refractivity contribution in [3.05, 3.63) is 111 Å². The number of nitrogens with zero attached hydrogens (tertiary/aromatic N) is 7. The van der Waals surface area contributed by atoms with E-state index in [1.165, 1.54) is 17.7 Å².